The maximum atomic E-state index is 12.9. The fraction of sp³-hybridized carbons (Fsp3) is 0.320. The summed E-state index contributed by atoms with van der Waals surface area (Å²) in [6.07, 6.45) is 7.59. The van der Waals surface area contributed by atoms with Crippen LogP contribution in [0, 0.1) is 0 Å². The molecule has 0 bridgehead atoms. The molecule has 0 spiro atoms. The summed E-state index contributed by atoms with van der Waals surface area (Å²) in [4.78, 5) is 40.0. The van der Waals surface area contributed by atoms with Crippen molar-refractivity contribution in [3.63, 3.8) is 0 Å². The summed E-state index contributed by atoms with van der Waals surface area (Å²) in [6.45, 7) is 4.68. The van der Waals surface area contributed by atoms with E-state index in [0.717, 1.165) is 0 Å². The second-order valence-corrected chi connectivity index (χ2v) is 8.76. The van der Waals surface area contributed by atoms with E-state index in [-0.39, 0.29) is 34.9 Å². The van der Waals surface area contributed by atoms with Gasteiger partial charge in [0.2, 0.25) is 5.82 Å². The number of ketones is 1. The highest BCUT2D eigenvalue weighted by Gasteiger charge is 2.24. The van der Waals surface area contributed by atoms with E-state index in [9.17, 15) is 14.7 Å². The number of carbonyl (C=O) groups is 2. The van der Waals surface area contributed by atoms with Gasteiger partial charge in [0.05, 0.1) is 29.8 Å². The van der Waals surface area contributed by atoms with Crippen molar-refractivity contribution >= 4 is 23.2 Å². The van der Waals surface area contributed by atoms with Crippen molar-refractivity contribution in [1.82, 2.24) is 39.7 Å². The van der Waals surface area contributed by atoms with Crippen molar-refractivity contribution in [1.29, 1.82) is 0 Å². The Labute approximate surface area is 218 Å². The zero-order chi connectivity index (χ0) is 27.4. The Morgan fingerprint density at radius 3 is 2.66 bits per heavy atom. The fourth-order valence-corrected chi connectivity index (χ4v) is 4.18. The monoisotopic (exact) mass is 519 g/mol. The molecular formula is C25H29N9O4. The zero-order valence-electron chi connectivity index (χ0n) is 21.2. The van der Waals surface area contributed by atoms with E-state index in [1.807, 2.05) is 13.8 Å². The van der Waals surface area contributed by atoms with E-state index in [1.54, 1.807) is 41.7 Å². The lowest BCUT2D eigenvalue weighted by Crippen LogP contribution is -2.35. The van der Waals surface area contributed by atoms with Crippen molar-refractivity contribution in [2.45, 2.75) is 45.8 Å². The molecule has 13 nitrogen and oxygen atoms in total. The summed E-state index contributed by atoms with van der Waals surface area (Å²) in [5, 5.41) is 29.6. The minimum Gasteiger partial charge on any atom is -0.393 e. The number of nitrogens with two attached hydrogens (primary N) is 1. The second-order valence-electron chi connectivity index (χ2n) is 8.76. The topological polar surface area (TPSA) is 189 Å². The van der Waals surface area contributed by atoms with Gasteiger partial charge in [-0.25, -0.2) is 9.97 Å². The molecule has 0 aliphatic rings. The normalized spacial score (nSPS) is 13.2. The number of H-pyrrole nitrogens is 1. The Morgan fingerprint density at radius 2 is 2.05 bits per heavy atom. The molecule has 0 aliphatic heterocycles. The van der Waals surface area contributed by atoms with Crippen LogP contribution in [0.1, 0.15) is 65.7 Å². The van der Waals surface area contributed by atoms with E-state index < -0.39 is 12.7 Å². The van der Waals surface area contributed by atoms with Crippen molar-refractivity contribution in [3.05, 3.63) is 65.9 Å². The average molecular weight is 520 g/mol. The molecule has 38 heavy (non-hydrogen) atoms. The number of hydrogen-bond acceptors (Lipinski definition) is 10. The van der Waals surface area contributed by atoms with E-state index in [4.69, 9.17) is 15.8 Å². The number of rotatable bonds is 10. The number of aliphatic hydroxyl groups excluding tert-OH is 2. The molecule has 0 aliphatic carbocycles. The smallest absolute Gasteiger partial charge is 0.295 e. The highest BCUT2D eigenvalue weighted by Crippen LogP contribution is 2.28. The van der Waals surface area contributed by atoms with Gasteiger partial charge in [0.15, 0.2) is 11.4 Å². The largest absolute Gasteiger partial charge is 0.393 e. The fourth-order valence-electron chi connectivity index (χ4n) is 4.18. The van der Waals surface area contributed by atoms with Crippen LogP contribution in [0.25, 0.3) is 16.8 Å². The summed E-state index contributed by atoms with van der Waals surface area (Å²) < 4.78 is 1.41. The predicted octanol–water partition coefficient (Wildman–Crippen LogP) is 1.72. The van der Waals surface area contributed by atoms with Crippen molar-refractivity contribution in [3.8, 4) is 11.1 Å². The minimum atomic E-state index is -1.08. The number of aliphatic hydroxyl groups is 2. The van der Waals surface area contributed by atoms with Gasteiger partial charge in [-0.2, -0.15) is 14.7 Å². The van der Waals surface area contributed by atoms with Crippen LogP contribution in [0.4, 0.5) is 5.82 Å². The van der Waals surface area contributed by atoms with Crippen LogP contribution in [-0.2, 0) is 6.42 Å². The number of carbonyl (C=O) groups excluding carboxylic acids is 2. The number of aryl methyl sites for hydroxylation is 1. The number of nitrogens with one attached hydrogen (secondary N) is 1. The SMILES string of the molecule is C/C=C\N(C(=O)c1ncn[nH]1)[C@H](C)CCc1nc2c(-c3ccc(C(O)CO)nc3)cnn2c(N)c1C(C)=O. The van der Waals surface area contributed by atoms with Gasteiger partial charge in [-0.1, -0.05) is 12.1 Å². The summed E-state index contributed by atoms with van der Waals surface area (Å²) in [5.74, 6) is -0.287. The molecule has 5 N–H and O–H groups in total. The molecule has 13 heteroatoms. The molecule has 0 saturated heterocycles. The third kappa shape index (κ3) is 5.14. The Hall–Kier alpha value is -4.49. The Bertz CT molecular complexity index is 1460. The highest BCUT2D eigenvalue weighted by molar-refractivity contribution is 6.00. The number of amides is 1. The molecule has 4 aromatic heterocycles. The number of nitrogens with zero attached hydrogens (tertiary/aromatic N) is 7. The molecule has 2 atom stereocenters. The first-order chi connectivity index (χ1) is 18.3. The van der Waals surface area contributed by atoms with Gasteiger partial charge >= 0.3 is 0 Å². The van der Waals surface area contributed by atoms with Gasteiger partial charge in [0, 0.05) is 29.6 Å². The first-order valence-electron chi connectivity index (χ1n) is 12.0. The third-order valence-corrected chi connectivity index (χ3v) is 6.16. The number of nitrogen functional groups attached to an aromatic ring is 1. The van der Waals surface area contributed by atoms with Gasteiger partial charge in [0.1, 0.15) is 18.2 Å². The van der Waals surface area contributed by atoms with Crippen LogP contribution in [0.3, 0.4) is 0 Å². The first kappa shape index (κ1) is 26.6. The van der Waals surface area contributed by atoms with Crippen molar-refractivity contribution < 1.29 is 19.8 Å². The average Bonchev–Trinajstić information content (AvgIpc) is 3.60. The Morgan fingerprint density at radius 1 is 1.26 bits per heavy atom. The molecule has 0 aromatic carbocycles. The lowest BCUT2D eigenvalue weighted by molar-refractivity contribution is 0.0760. The van der Waals surface area contributed by atoms with Crippen LogP contribution in [0.5, 0.6) is 0 Å². The number of aromatic amines is 1. The maximum Gasteiger partial charge on any atom is 0.295 e. The van der Waals surface area contributed by atoms with Gasteiger partial charge in [-0.3, -0.25) is 19.7 Å². The lowest BCUT2D eigenvalue weighted by Gasteiger charge is -2.25. The summed E-state index contributed by atoms with van der Waals surface area (Å²) in [7, 11) is 0. The number of allylic oxidation sites excluding steroid dienone is 1. The van der Waals surface area contributed by atoms with E-state index in [0.29, 0.717) is 41.0 Å². The molecule has 198 valence electrons. The van der Waals surface area contributed by atoms with E-state index >= 15 is 0 Å². The number of pyridine rings is 1. The van der Waals surface area contributed by atoms with Gasteiger partial charge < -0.3 is 20.8 Å². The maximum absolute atomic E-state index is 12.9. The predicted molar refractivity (Wildman–Crippen MR) is 138 cm³/mol. The van der Waals surface area contributed by atoms with Gasteiger partial charge in [-0.05, 0) is 39.7 Å². The van der Waals surface area contributed by atoms with E-state index in [1.165, 1.54) is 17.8 Å². The molecular weight excluding hydrogens is 490 g/mol. The molecule has 0 fully saturated rings. The second kappa shape index (κ2) is 11.3. The lowest BCUT2D eigenvalue weighted by atomic mass is 10.0. The number of fused-ring (bicyclic) bond motifs is 1. The molecule has 4 aromatic rings. The summed E-state index contributed by atoms with van der Waals surface area (Å²) in [6, 6.07) is 3.08. The van der Waals surface area contributed by atoms with Crippen LogP contribution >= 0.6 is 0 Å². The molecule has 0 saturated carbocycles. The number of hydrogen-bond donors (Lipinski definition) is 4. The van der Waals surface area contributed by atoms with Crippen LogP contribution in [0.15, 0.2) is 43.1 Å². The van der Waals surface area contributed by atoms with Gasteiger partial charge in [0.25, 0.3) is 5.91 Å². The van der Waals surface area contributed by atoms with Gasteiger partial charge in [-0.15, -0.1) is 0 Å². The third-order valence-electron chi connectivity index (χ3n) is 6.16. The number of aromatic nitrogens is 7. The molecule has 1 amide bonds. The summed E-state index contributed by atoms with van der Waals surface area (Å²) >= 11 is 0. The number of anilines is 1. The quantitative estimate of drug-likeness (QED) is 0.224. The summed E-state index contributed by atoms with van der Waals surface area (Å²) in [5.41, 5.74) is 9.23. The minimum absolute atomic E-state index is 0.123. The highest BCUT2D eigenvalue weighted by atomic mass is 16.3. The van der Waals surface area contributed by atoms with Crippen LogP contribution in [-0.4, -0.2) is 74.2 Å². The van der Waals surface area contributed by atoms with Crippen molar-refractivity contribution in [2.75, 3.05) is 12.3 Å². The first-order valence-corrected chi connectivity index (χ1v) is 12.0. The van der Waals surface area contributed by atoms with Crippen LogP contribution < -0.4 is 5.73 Å². The Balaban J connectivity index is 1.67. The molecule has 4 rings (SSSR count). The number of Topliss-reactive ketones (excluding diaryl/α,β-unsaturated/α-hetero) is 1. The van der Waals surface area contributed by atoms with Crippen LogP contribution in [0.2, 0.25) is 0 Å². The molecule has 0 radical (unpaired) electrons. The zero-order valence-corrected chi connectivity index (χ0v) is 21.2. The van der Waals surface area contributed by atoms with E-state index in [2.05, 4.69) is 25.3 Å². The van der Waals surface area contributed by atoms with Crippen molar-refractivity contribution in [2.24, 2.45) is 0 Å². The molecule has 1 unspecified atom stereocenters. The Kier molecular flexibility index (Phi) is 7.88. The standard InChI is InChI=1S/C25H29N9O4/c1-4-9-33(25(38)23-28-13-29-32-23)14(2)5-7-19-21(15(3)36)22(26)34-24(31-19)17(11-30-34)16-6-8-18(27-10-16)20(37)12-35/h4,6,8-11,13-14,20,35,37H,5,7,12,26H2,1-3H3,(H,28,29,32)/b9-4-/t14-,20?/m1/s1. The molecule has 4 heterocycles.